The number of amides is 1. The van der Waals surface area contributed by atoms with E-state index in [1.165, 1.54) is 23.1 Å². The molecule has 0 unspecified atom stereocenters. The Morgan fingerprint density at radius 1 is 1.21 bits per heavy atom. The van der Waals surface area contributed by atoms with Crippen molar-refractivity contribution in [1.82, 2.24) is 15.1 Å². The van der Waals surface area contributed by atoms with E-state index in [2.05, 4.69) is 15.1 Å². The van der Waals surface area contributed by atoms with Crippen molar-refractivity contribution in [3.63, 3.8) is 0 Å². The van der Waals surface area contributed by atoms with Crippen LogP contribution < -0.4 is 4.90 Å². The zero-order valence-corrected chi connectivity index (χ0v) is 17.3. The van der Waals surface area contributed by atoms with Crippen LogP contribution in [-0.4, -0.2) is 28.1 Å². The summed E-state index contributed by atoms with van der Waals surface area (Å²) in [5, 5.41) is 5.33. The molecule has 0 spiro atoms. The molecule has 1 aromatic carbocycles. The van der Waals surface area contributed by atoms with Crippen LogP contribution in [-0.2, 0) is 5.75 Å². The molecule has 4 rings (SSSR count). The number of aryl methyl sites for hydroxylation is 2. The summed E-state index contributed by atoms with van der Waals surface area (Å²) in [4.78, 5) is 23.7. The average Bonchev–Trinajstić information content (AvgIpc) is 3.29. The summed E-state index contributed by atoms with van der Waals surface area (Å²) in [6.45, 7) is 3.80. The molecule has 4 aromatic rings. The first-order valence-corrected chi connectivity index (χ1v) is 10.5. The number of carbonyl (C=O) groups excluding carboxylic acids is 1. The third-order valence-electron chi connectivity index (χ3n) is 4.41. The Bertz CT molecular complexity index is 1100. The van der Waals surface area contributed by atoms with Crippen molar-refractivity contribution >= 4 is 44.4 Å². The number of nitrogens with zero attached hydrogens (tertiary/aromatic N) is 4. The van der Waals surface area contributed by atoms with Crippen molar-refractivity contribution in [3.8, 4) is 0 Å². The zero-order chi connectivity index (χ0) is 19.7. The van der Waals surface area contributed by atoms with Crippen molar-refractivity contribution in [2.75, 3.05) is 11.9 Å². The lowest BCUT2D eigenvalue weighted by Crippen LogP contribution is -2.26. The summed E-state index contributed by atoms with van der Waals surface area (Å²) in [6, 6.07) is 11.4. The number of benzene rings is 1. The van der Waals surface area contributed by atoms with Crippen LogP contribution in [0.3, 0.4) is 0 Å². The molecule has 3 aromatic heterocycles. The second-order valence-corrected chi connectivity index (χ2v) is 8.25. The standard InChI is InChI=1S/C20H18N4O2S2/c1-12-15(13(2)26-23-12)11-27-18-14(7-6-10-21-18)19(25)24(3)20-22-16-8-4-5-9-17(16)28-20/h4-10H,11H2,1-3H3. The maximum Gasteiger partial charge on any atom is 0.262 e. The molecule has 0 aliphatic rings. The number of carbonyl (C=O) groups is 1. The van der Waals surface area contributed by atoms with E-state index >= 15 is 0 Å². The highest BCUT2D eigenvalue weighted by molar-refractivity contribution is 7.98. The molecule has 0 aliphatic carbocycles. The SMILES string of the molecule is Cc1noc(C)c1CSc1ncccc1C(=O)N(C)c1nc2ccccc2s1. The molecule has 0 aliphatic heterocycles. The van der Waals surface area contributed by atoms with Gasteiger partial charge in [-0.1, -0.05) is 28.6 Å². The van der Waals surface area contributed by atoms with Gasteiger partial charge in [-0.2, -0.15) is 0 Å². The van der Waals surface area contributed by atoms with Crippen LogP contribution in [0.1, 0.15) is 27.4 Å². The van der Waals surface area contributed by atoms with E-state index in [1.54, 1.807) is 30.3 Å². The van der Waals surface area contributed by atoms with Gasteiger partial charge in [-0.25, -0.2) is 9.97 Å². The molecule has 0 saturated heterocycles. The molecule has 0 N–H and O–H groups in total. The van der Waals surface area contributed by atoms with Crippen molar-refractivity contribution in [1.29, 1.82) is 0 Å². The van der Waals surface area contributed by atoms with Gasteiger partial charge in [0.1, 0.15) is 10.8 Å². The number of thiazole rings is 1. The number of pyridine rings is 1. The smallest absolute Gasteiger partial charge is 0.262 e. The van der Waals surface area contributed by atoms with E-state index < -0.39 is 0 Å². The summed E-state index contributed by atoms with van der Waals surface area (Å²) in [5.74, 6) is 1.30. The van der Waals surface area contributed by atoms with Gasteiger partial charge in [-0.3, -0.25) is 9.69 Å². The van der Waals surface area contributed by atoms with Crippen LogP contribution in [0.25, 0.3) is 10.2 Å². The number of rotatable bonds is 5. The Kier molecular flexibility index (Phi) is 5.15. The largest absolute Gasteiger partial charge is 0.361 e. The van der Waals surface area contributed by atoms with Crippen LogP contribution in [0, 0.1) is 13.8 Å². The van der Waals surface area contributed by atoms with Crippen molar-refractivity contribution in [2.45, 2.75) is 24.6 Å². The summed E-state index contributed by atoms with van der Waals surface area (Å²) >= 11 is 3.00. The number of para-hydroxylation sites is 1. The molecule has 28 heavy (non-hydrogen) atoms. The van der Waals surface area contributed by atoms with Crippen LogP contribution in [0.15, 0.2) is 52.1 Å². The lowest BCUT2D eigenvalue weighted by Gasteiger charge is -2.15. The van der Waals surface area contributed by atoms with Gasteiger partial charge in [0.05, 0.1) is 21.5 Å². The maximum absolute atomic E-state index is 13.1. The van der Waals surface area contributed by atoms with Gasteiger partial charge in [0, 0.05) is 24.6 Å². The van der Waals surface area contributed by atoms with E-state index in [9.17, 15) is 4.79 Å². The van der Waals surface area contributed by atoms with Crippen LogP contribution in [0.4, 0.5) is 5.13 Å². The molecule has 0 bridgehead atoms. The summed E-state index contributed by atoms with van der Waals surface area (Å²) in [6.07, 6.45) is 1.70. The molecule has 142 valence electrons. The quantitative estimate of drug-likeness (QED) is 0.437. The summed E-state index contributed by atoms with van der Waals surface area (Å²) < 4.78 is 6.27. The normalized spacial score (nSPS) is 11.1. The summed E-state index contributed by atoms with van der Waals surface area (Å²) in [5.41, 5.74) is 3.34. The topological polar surface area (TPSA) is 72.1 Å². The molecule has 0 fully saturated rings. The van der Waals surface area contributed by atoms with Gasteiger partial charge >= 0.3 is 0 Å². The van der Waals surface area contributed by atoms with E-state index in [4.69, 9.17) is 4.52 Å². The second kappa shape index (κ2) is 7.73. The third kappa shape index (κ3) is 3.53. The fraction of sp³-hybridized carbons (Fsp3) is 0.200. The van der Waals surface area contributed by atoms with Gasteiger partial charge in [0.25, 0.3) is 5.91 Å². The number of anilines is 1. The second-order valence-electron chi connectivity index (χ2n) is 6.28. The molecule has 1 amide bonds. The van der Waals surface area contributed by atoms with E-state index in [-0.39, 0.29) is 5.91 Å². The first-order chi connectivity index (χ1) is 13.5. The highest BCUT2D eigenvalue weighted by Gasteiger charge is 2.21. The maximum atomic E-state index is 13.1. The lowest BCUT2D eigenvalue weighted by molar-refractivity contribution is 0.0989. The number of aromatic nitrogens is 3. The van der Waals surface area contributed by atoms with Gasteiger partial charge in [0.2, 0.25) is 0 Å². The van der Waals surface area contributed by atoms with Gasteiger partial charge in [-0.15, -0.1) is 11.8 Å². The fourth-order valence-electron chi connectivity index (χ4n) is 2.79. The van der Waals surface area contributed by atoms with Crippen LogP contribution in [0.5, 0.6) is 0 Å². The van der Waals surface area contributed by atoms with Crippen LogP contribution >= 0.6 is 23.1 Å². The Labute approximate surface area is 170 Å². The predicted octanol–water partition coefficient (Wildman–Crippen LogP) is 4.87. The van der Waals surface area contributed by atoms with Gasteiger partial charge in [0.15, 0.2) is 5.13 Å². The molecule has 0 radical (unpaired) electrons. The number of hydrogen-bond donors (Lipinski definition) is 0. The minimum atomic E-state index is -0.131. The fourth-order valence-corrected chi connectivity index (χ4v) is 4.85. The average molecular weight is 411 g/mol. The molecular formula is C20H18N4O2S2. The first kappa shape index (κ1) is 18.6. The molecule has 3 heterocycles. The highest BCUT2D eigenvalue weighted by atomic mass is 32.2. The predicted molar refractivity (Wildman–Crippen MR) is 112 cm³/mol. The molecular weight excluding hydrogens is 392 g/mol. The number of fused-ring (bicyclic) bond motifs is 1. The first-order valence-electron chi connectivity index (χ1n) is 8.68. The van der Waals surface area contributed by atoms with Gasteiger partial charge in [-0.05, 0) is 38.1 Å². The van der Waals surface area contributed by atoms with E-state index in [0.29, 0.717) is 21.5 Å². The minimum Gasteiger partial charge on any atom is -0.361 e. The number of thioether (sulfide) groups is 1. The molecule has 0 atom stereocenters. The zero-order valence-electron chi connectivity index (χ0n) is 15.7. The Balaban J connectivity index is 1.59. The lowest BCUT2D eigenvalue weighted by atomic mass is 10.2. The molecule has 8 heteroatoms. The summed E-state index contributed by atoms with van der Waals surface area (Å²) in [7, 11) is 1.75. The Morgan fingerprint density at radius 2 is 2.04 bits per heavy atom. The van der Waals surface area contributed by atoms with E-state index in [1.807, 2.05) is 38.1 Å². The van der Waals surface area contributed by atoms with Gasteiger partial charge < -0.3 is 4.52 Å². The Morgan fingerprint density at radius 3 is 2.79 bits per heavy atom. The molecule has 6 nitrogen and oxygen atoms in total. The van der Waals surface area contributed by atoms with E-state index in [0.717, 1.165) is 27.2 Å². The molecule has 0 saturated carbocycles. The van der Waals surface area contributed by atoms with Crippen molar-refractivity contribution in [2.24, 2.45) is 0 Å². The number of hydrogen-bond acceptors (Lipinski definition) is 7. The van der Waals surface area contributed by atoms with Crippen LogP contribution in [0.2, 0.25) is 0 Å². The Hall–Kier alpha value is -2.71. The van der Waals surface area contributed by atoms with Crippen molar-refractivity contribution in [3.05, 3.63) is 65.2 Å². The highest BCUT2D eigenvalue weighted by Crippen LogP contribution is 2.31. The minimum absolute atomic E-state index is 0.131. The van der Waals surface area contributed by atoms with Crippen molar-refractivity contribution < 1.29 is 9.32 Å². The third-order valence-corrected chi connectivity index (χ3v) is 6.55. The monoisotopic (exact) mass is 410 g/mol.